The molecule has 1 aliphatic carbocycles. The summed E-state index contributed by atoms with van der Waals surface area (Å²) in [6.07, 6.45) is 0. The van der Waals surface area contributed by atoms with Crippen LogP contribution in [0.4, 0.5) is 0 Å². The third-order valence-electron chi connectivity index (χ3n) is 8.50. The van der Waals surface area contributed by atoms with Gasteiger partial charge in [0, 0.05) is 37.4 Å². The maximum Gasteiger partial charge on any atom is 0.164 e. The van der Waals surface area contributed by atoms with E-state index in [1.807, 2.05) is 47.7 Å². The Balaban J connectivity index is 1.40. The molecule has 3 nitrogen and oxygen atoms in total. The third kappa shape index (κ3) is 4.30. The Labute approximate surface area is 261 Å². The maximum atomic E-state index is 5.13. The van der Waals surface area contributed by atoms with Crippen LogP contribution in [-0.4, -0.2) is 15.0 Å². The van der Waals surface area contributed by atoms with Crippen LogP contribution in [0, 0.1) is 0 Å². The molecule has 4 heteroatoms. The summed E-state index contributed by atoms with van der Waals surface area (Å²) in [4.78, 5) is 17.8. The zero-order chi connectivity index (χ0) is 29.7. The molecule has 210 valence electrons. The fraction of sp³-hybridized carbons (Fsp3) is 0.0750. The standard InChI is InChI=1S/C40H29N3S/c1-40(2)33-30(32-34(40)36(27-18-9-4-10-19-27)44-35(32)26-16-7-3-8-17-26)24-15-25-31(33)39-42-37(28-20-11-5-12-21-28)41-38(43-39)29-22-13-6-14-23-29/h3-25H,1-2H3. The van der Waals surface area contributed by atoms with Gasteiger partial charge in [0.15, 0.2) is 17.5 Å². The fourth-order valence-corrected chi connectivity index (χ4v) is 8.03. The van der Waals surface area contributed by atoms with E-state index in [0.717, 1.165) is 16.7 Å². The second kappa shape index (κ2) is 10.5. The van der Waals surface area contributed by atoms with Crippen LogP contribution in [-0.2, 0) is 5.41 Å². The van der Waals surface area contributed by atoms with Gasteiger partial charge in [-0.2, -0.15) is 0 Å². The monoisotopic (exact) mass is 583 g/mol. The topological polar surface area (TPSA) is 38.7 Å². The molecule has 0 saturated heterocycles. The third-order valence-corrected chi connectivity index (χ3v) is 9.79. The lowest BCUT2D eigenvalue weighted by atomic mass is 9.79. The summed E-state index contributed by atoms with van der Waals surface area (Å²) in [5.41, 5.74) is 10.4. The van der Waals surface area contributed by atoms with E-state index in [4.69, 9.17) is 15.0 Å². The lowest BCUT2D eigenvalue weighted by Gasteiger charge is -2.25. The molecule has 5 aromatic carbocycles. The highest BCUT2D eigenvalue weighted by molar-refractivity contribution is 7.19. The average molecular weight is 584 g/mol. The highest BCUT2D eigenvalue weighted by Gasteiger charge is 2.43. The molecule has 0 saturated carbocycles. The summed E-state index contributed by atoms with van der Waals surface area (Å²) < 4.78 is 0. The Morgan fingerprint density at radius 2 is 0.841 bits per heavy atom. The smallest absolute Gasteiger partial charge is 0.164 e. The first-order valence-electron chi connectivity index (χ1n) is 14.9. The van der Waals surface area contributed by atoms with Gasteiger partial charge in [-0.3, -0.25) is 0 Å². The van der Waals surface area contributed by atoms with Gasteiger partial charge in [0.05, 0.1) is 0 Å². The summed E-state index contributed by atoms with van der Waals surface area (Å²) in [5.74, 6) is 2.04. The van der Waals surface area contributed by atoms with Crippen molar-refractivity contribution in [2.75, 3.05) is 0 Å². The van der Waals surface area contributed by atoms with Crippen molar-refractivity contribution in [1.29, 1.82) is 0 Å². The number of nitrogens with zero attached hydrogens (tertiary/aromatic N) is 3. The van der Waals surface area contributed by atoms with Gasteiger partial charge in [-0.1, -0.05) is 153 Å². The molecule has 0 N–H and O–H groups in total. The molecule has 0 unspecified atom stereocenters. The van der Waals surface area contributed by atoms with E-state index in [2.05, 4.69) is 117 Å². The Kier molecular flexibility index (Phi) is 6.32. The van der Waals surface area contributed by atoms with Crippen molar-refractivity contribution in [3.8, 4) is 66.2 Å². The SMILES string of the molecule is CC1(C)c2c(-c3nc(-c4ccccc4)nc(-c4ccccc4)n3)cccc2-c2c(-c3ccccc3)sc(-c3ccccc3)c21. The minimum Gasteiger partial charge on any atom is -0.208 e. The van der Waals surface area contributed by atoms with Crippen molar-refractivity contribution in [2.45, 2.75) is 19.3 Å². The largest absolute Gasteiger partial charge is 0.208 e. The van der Waals surface area contributed by atoms with Crippen molar-refractivity contribution >= 4 is 11.3 Å². The zero-order valence-electron chi connectivity index (χ0n) is 24.5. The van der Waals surface area contributed by atoms with Gasteiger partial charge in [-0.25, -0.2) is 15.0 Å². The number of aromatic nitrogens is 3. The lowest BCUT2D eigenvalue weighted by molar-refractivity contribution is 0.665. The summed E-state index contributed by atoms with van der Waals surface area (Å²) in [6, 6.07) is 48.6. The van der Waals surface area contributed by atoms with Crippen LogP contribution in [0.25, 0.3) is 66.2 Å². The molecule has 8 rings (SSSR count). The van der Waals surface area contributed by atoms with E-state index in [1.54, 1.807) is 0 Å². The van der Waals surface area contributed by atoms with Crippen molar-refractivity contribution < 1.29 is 0 Å². The van der Waals surface area contributed by atoms with Crippen molar-refractivity contribution in [3.63, 3.8) is 0 Å². The quantitative estimate of drug-likeness (QED) is 0.202. The minimum atomic E-state index is -0.289. The van der Waals surface area contributed by atoms with Crippen LogP contribution < -0.4 is 0 Å². The van der Waals surface area contributed by atoms with Gasteiger partial charge in [0.25, 0.3) is 0 Å². The zero-order valence-corrected chi connectivity index (χ0v) is 25.3. The van der Waals surface area contributed by atoms with Crippen molar-refractivity contribution in [3.05, 3.63) is 151 Å². The number of thiophene rings is 1. The Hall–Kier alpha value is -5.19. The normalized spacial score (nSPS) is 13.0. The van der Waals surface area contributed by atoms with E-state index in [9.17, 15) is 0 Å². The summed E-state index contributed by atoms with van der Waals surface area (Å²) in [5, 5.41) is 0. The number of rotatable bonds is 5. The molecule has 0 fully saturated rings. The van der Waals surface area contributed by atoms with Gasteiger partial charge in [-0.05, 0) is 27.8 Å². The van der Waals surface area contributed by atoms with E-state index in [1.165, 1.54) is 43.1 Å². The lowest BCUT2D eigenvalue weighted by Crippen LogP contribution is -2.17. The summed E-state index contributed by atoms with van der Waals surface area (Å²) >= 11 is 1.89. The van der Waals surface area contributed by atoms with Crippen molar-refractivity contribution in [2.24, 2.45) is 0 Å². The van der Waals surface area contributed by atoms with Gasteiger partial charge >= 0.3 is 0 Å². The van der Waals surface area contributed by atoms with Crippen LogP contribution in [0.3, 0.4) is 0 Å². The molecular formula is C40H29N3S. The number of hydrogen-bond acceptors (Lipinski definition) is 4. The number of benzene rings is 5. The molecule has 0 bridgehead atoms. The van der Waals surface area contributed by atoms with Crippen LogP contribution in [0.1, 0.15) is 25.0 Å². The van der Waals surface area contributed by atoms with Gasteiger partial charge in [0.1, 0.15) is 0 Å². The number of hydrogen-bond donors (Lipinski definition) is 0. The molecule has 0 radical (unpaired) electrons. The first-order chi connectivity index (χ1) is 21.6. The van der Waals surface area contributed by atoms with Gasteiger partial charge in [-0.15, -0.1) is 11.3 Å². The van der Waals surface area contributed by atoms with Crippen LogP contribution in [0.15, 0.2) is 140 Å². The van der Waals surface area contributed by atoms with Crippen LogP contribution in [0.5, 0.6) is 0 Å². The first kappa shape index (κ1) is 26.4. The van der Waals surface area contributed by atoms with Crippen LogP contribution in [0.2, 0.25) is 0 Å². The second-order valence-corrected chi connectivity index (χ2v) is 12.7. The Bertz CT molecular complexity index is 2060. The van der Waals surface area contributed by atoms with E-state index >= 15 is 0 Å². The molecule has 0 spiro atoms. The fourth-order valence-electron chi connectivity index (χ4n) is 6.54. The highest BCUT2D eigenvalue weighted by Crippen LogP contribution is 2.61. The molecular weight excluding hydrogens is 555 g/mol. The molecule has 0 amide bonds. The van der Waals surface area contributed by atoms with E-state index in [-0.39, 0.29) is 5.41 Å². The molecule has 0 atom stereocenters. The van der Waals surface area contributed by atoms with Crippen LogP contribution >= 0.6 is 11.3 Å². The predicted molar refractivity (Wildman–Crippen MR) is 182 cm³/mol. The first-order valence-corrected chi connectivity index (χ1v) is 15.7. The molecule has 0 aliphatic heterocycles. The van der Waals surface area contributed by atoms with Gasteiger partial charge in [0.2, 0.25) is 0 Å². The van der Waals surface area contributed by atoms with E-state index < -0.39 is 0 Å². The Morgan fingerprint density at radius 3 is 1.36 bits per heavy atom. The molecule has 2 heterocycles. The van der Waals surface area contributed by atoms with Gasteiger partial charge < -0.3 is 0 Å². The van der Waals surface area contributed by atoms with E-state index in [0.29, 0.717) is 17.5 Å². The average Bonchev–Trinajstić information content (AvgIpc) is 3.61. The van der Waals surface area contributed by atoms with Crippen molar-refractivity contribution in [1.82, 2.24) is 15.0 Å². The summed E-state index contributed by atoms with van der Waals surface area (Å²) in [7, 11) is 0. The number of fused-ring (bicyclic) bond motifs is 3. The predicted octanol–water partition coefficient (Wildman–Crippen LogP) is 10.6. The molecule has 2 aromatic heterocycles. The maximum absolute atomic E-state index is 5.13. The summed E-state index contributed by atoms with van der Waals surface area (Å²) in [6.45, 7) is 4.71. The highest BCUT2D eigenvalue weighted by atomic mass is 32.1. The molecule has 1 aliphatic rings. The second-order valence-electron chi connectivity index (χ2n) is 11.6. The Morgan fingerprint density at radius 1 is 0.409 bits per heavy atom. The molecule has 44 heavy (non-hydrogen) atoms. The molecule has 7 aromatic rings. The minimum absolute atomic E-state index is 0.289.